The number of nitrogens with one attached hydrogen (secondary N) is 1. The second kappa shape index (κ2) is 8.33. The van der Waals surface area contributed by atoms with E-state index in [0.717, 1.165) is 5.56 Å². The van der Waals surface area contributed by atoms with Crippen molar-refractivity contribution in [2.75, 3.05) is 13.1 Å². The summed E-state index contributed by atoms with van der Waals surface area (Å²) in [6.45, 7) is 7.21. The summed E-state index contributed by atoms with van der Waals surface area (Å²) >= 11 is 0. The standard InChI is InChI=1S/C24H29N3O5/c1-23(2,3)32-22(30)26-13-10-24(11-14-26)16-27-12-9-18(28)20(19(27)21(29)25-24)31-15-17-7-5-4-6-8-17/h4-9,12H,10-11,13-16H2,1-3H3,(H,25,29). The van der Waals surface area contributed by atoms with Crippen LogP contribution in [0.25, 0.3) is 0 Å². The number of carbonyl (C=O) groups is 2. The molecular formula is C24H29N3O5. The molecular weight excluding hydrogens is 410 g/mol. The smallest absolute Gasteiger partial charge is 0.410 e. The van der Waals surface area contributed by atoms with Crippen molar-refractivity contribution in [3.63, 3.8) is 0 Å². The maximum absolute atomic E-state index is 13.1. The second-order valence-electron chi connectivity index (χ2n) is 9.46. The van der Waals surface area contributed by atoms with E-state index in [0.29, 0.717) is 32.5 Å². The quantitative estimate of drug-likeness (QED) is 0.794. The summed E-state index contributed by atoms with van der Waals surface area (Å²) in [6.07, 6.45) is 2.51. The number of carbonyl (C=O) groups excluding carboxylic acids is 2. The molecule has 0 aliphatic carbocycles. The van der Waals surface area contributed by atoms with Gasteiger partial charge in [-0.2, -0.15) is 0 Å². The van der Waals surface area contributed by atoms with Crippen LogP contribution in [0.1, 0.15) is 49.7 Å². The van der Waals surface area contributed by atoms with Crippen LogP contribution < -0.4 is 15.5 Å². The predicted molar refractivity (Wildman–Crippen MR) is 119 cm³/mol. The zero-order valence-corrected chi connectivity index (χ0v) is 18.7. The number of hydrogen-bond donors (Lipinski definition) is 1. The lowest BCUT2D eigenvalue weighted by Crippen LogP contribution is -2.61. The zero-order valence-electron chi connectivity index (χ0n) is 18.7. The number of nitrogens with zero attached hydrogens (tertiary/aromatic N) is 2. The largest absolute Gasteiger partial charge is 0.483 e. The molecule has 1 saturated heterocycles. The van der Waals surface area contributed by atoms with Gasteiger partial charge in [-0.25, -0.2) is 4.79 Å². The number of likely N-dealkylation sites (tertiary alicyclic amines) is 1. The van der Waals surface area contributed by atoms with Crippen LogP contribution in [0.3, 0.4) is 0 Å². The fourth-order valence-corrected chi connectivity index (χ4v) is 4.18. The lowest BCUT2D eigenvalue weighted by Gasteiger charge is -2.45. The Labute approximate surface area is 187 Å². The Bertz CT molecular complexity index is 1060. The van der Waals surface area contributed by atoms with Gasteiger partial charge >= 0.3 is 6.09 Å². The molecule has 8 nitrogen and oxygen atoms in total. The van der Waals surface area contributed by atoms with E-state index >= 15 is 0 Å². The van der Waals surface area contributed by atoms with Crippen LogP contribution in [0.15, 0.2) is 47.4 Å². The third-order valence-corrected chi connectivity index (χ3v) is 5.80. The molecule has 4 rings (SSSR count). The third-order valence-electron chi connectivity index (χ3n) is 5.80. The van der Waals surface area contributed by atoms with Crippen molar-refractivity contribution in [2.24, 2.45) is 0 Å². The molecule has 0 atom stereocenters. The monoisotopic (exact) mass is 439 g/mol. The number of benzene rings is 1. The van der Waals surface area contributed by atoms with Crippen molar-refractivity contribution in [1.29, 1.82) is 0 Å². The summed E-state index contributed by atoms with van der Waals surface area (Å²) in [4.78, 5) is 39.6. The van der Waals surface area contributed by atoms with Crippen LogP contribution in [-0.4, -0.2) is 45.7 Å². The highest BCUT2D eigenvalue weighted by atomic mass is 16.6. The number of aromatic nitrogens is 1. The highest BCUT2D eigenvalue weighted by Crippen LogP contribution is 2.31. The van der Waals surface area contributed by atoms with E-state index in [4.69, 9.17) is 9.47 Å². The molecule has 2 aromatic rings. The van der Waals surface area contributed by atoms with Crippen molar-refractivity contribution >= 4 is 12.0 Å². The Balaban J connectivity index is 1.49. The first-order valence-corrected chi connectivity index (χ1v) is 10.9. The molecule has 0 radical (unpaired) electrons. The lowest BCUT2D eigenvalue weighted by atomic mass is 9.85. The molecule has 0 unspecified atom stereocenters. The number of pyridine rings is 1. The molecule has 1 aromatic heterocycles. The molecule has 1 spiro atoms. The summed E-state index contributed by atoms with van der Waals surface area (Å²) in [5, 5.41) is 3.10. The molecule has 2 aliphatic rings. The number of fused-ring (bicyclic) bond motifs is 1. The average molecular weight is 440 g/mol. The molecule has 2 amide bonds. The van der Waals surface area contributed by atoms with Gasteiger partial charge in [0.2, 0.25) is 5.43 Å². The minimum atomic E-state index is -0.549. The Hall–Kier alpha value is -3.29. The zero-order chi connectivity index (χ0) is 22.9. The van der Waals surface area contributed by atoms with E-state index in [1.165, 1.54) is 6.07 Å². The van der Waals surface area contributed by atoms with E-state index < -0.39 is 11.1 Å². The third kappa shape index (κ3) is 4.64. The fourth-order valence-electron chi connectivity index (χ4n) is 4.18. The van der Waals surface area contributed by atoms with Crippen molar-refractivity contribution in [3.8, 4) is 5.75 Å². The van der Waals surface area contributed by atoms with Crippen molar-refractivity contribution in [2.45, 2.75) is 57.9 Å². The van der Waals surface area contributed by atoms with Crippen LogP contribution in [0, 0.1) is 0 Å². The minimum absolute atomic E-state index is 0.0647. The lowest BCUT2D eigenvalue weighted by molar-refractivity contribution is 0.0127. The average Bonchev–Trinajstić information content (AvgIpc) is 2.73. The van der Waals surface area contributed by atoms with Crippen molar-refractivity contribution < 1.29 is 19.1 Å². The van der Waals surface area contributed by atoms with E-state index in [-0.39, 0.29) is 35.5 Å². The van der Waals surface area contributed by atoms with Gasteiger partial charge in [-0.15, -0.1) is 0 Å². The van der Waals surface area contributed by atoms with Crippen LogP contribution in [-0.2, 0) is 17.9 Å². The number of amides is 2. The van der Waals surface area contributed by atoms with Crippen LogP contribution in [0.2, 0.25) is 0 Å². The van der Waals surface area contributed by atoms with Crippen LogP contribution in [0.5, 0.6) is 5.75 Å². The first-order chi connectivity index (χ1) is 15.2. The molecule has 0 bridgehead atoms. The summed E-state index contributed by atoms with van der Waals surface area (Å²) in [6, 6.07) is 10.9. The second-order valence-corrected chi connectivity index (χ2v) is 9.46. The molecule has 1 fully saturated rings. The number of piperidine rings is 1. The van der Waals surface area contributed by atoms with Crippen LogP contribution >= 0.6 is 0 Å². The van der Waals surface area contributed by atoms with Gasteiger partial charge in [0.1, 0.15) is 12.2 Å². The summed E-state index contributed by atoms with van der Waals surface area (Å²) in [5.74, 6) is -0.266. The Morgan fingerprint density at radius 1 is 1.09 bits per heavy atom. The molecule has 170 valence electrons. The van der Waals surface area contributed by atoms with Crippen molar-refractivity contribution in [3.05, 3.63) is 64.1 Å². The molecule has 2 aliphatic heterocycles. The van der Waals surface area contributed by atoms with Gasteiger partial charge < -0.3 is 24.3 Å². The highest BCUT2D eigenvalue weighted by molar-refractivity contribution is 5.96. The summed E-state index contributed by atoms with van der Waals surface area (Å²) < 4.78 is 13.1. The molecule has 8 heteroatoms. The van der Waals surface area contributed by atoms with E-state index in [1.807, 2.05) is 51.1 Å². The maximum Gasteiger partial charge on any atom is 0.410 e. The number of rotatable bonds is 3. The van der Waals surface area contributed by atoms with Gasteiger partial charge in [0.05, 0.1) is 5.54 Å². The Morgan fingerprint density at radius 3 is 2.44 bits per heavy atom. The molecule has 0 saturated carbocycles. The molecule has 3 heterocycles. The first kappa shape index (κ1) is 21.9. The number of hydrogen-bond acceptors (Lipinski definition) is 5. The van der Waals surface area contributed by atoms with Gasteiger partial charge in [-0.1, -0.05) is 30.3 Å². The highest BCUT2D eigenvalue weighted by Gasteiger charge is 2.43. The van der Waals surface area contributed by atoms with Crippen LogP contribution in [0.4, 0.5) is 4.79 Å². The van der Waals surface area contributed by atoms with Gasteiger partial charge in [-0.3, -0.25) is 9.59 Å². The molecule has 32 heavy (non-hydrogen) atoms. The van der Waals surface area contributed by atoms with Gasteiger partial charge in [0, 0.05) is 31.9 Å². The van der Waals surface area contributed by atoms with Gasteiger partial charge in [-0.05, 0) is 39.2 Å². The van der Waals surface area contributed by atoms with Gasteiger partial charge in [0.15, 0.2) is 11.4 Å². The Kier molecular flexibility index (Phi) is 5.71. The molecule has 1 N–H and O–H groups in total. The SMILES string of the molecule is CC(C)(C)OC(=O)N1CCC2(CC1)Cn1ccc(=O)c(OCc3ccccc3)c1C(=O)N2. The first-order valence-electron chi connectivity index (χ1n) is 10.9. The van der Waals surface area contributed by atoms with E-state index in [2.05, 4.69) is 5.32 Å². The summed E-state index contributed by atoms with van der Waals surface area (Å²) in [5.41, 5.74) is -0.191. The normalized spacial score (nSPS) is 17.5. The van der Waals surface area contributed by atoms with Crippen molar-refractivity contribution in [1.82, 2.24) is 14.8 Å². The topological polar surface area (TPSA) is 89.9 Å². The van der Waals surface area contributed by atoms with E-state index in [1.54, 1.807) is 15.7 Å². The van der Waals surface area contributed by atoms with E-state index in [9.17, 15) is 14.4 Å². The summed E-state index contributed by atoms with van der Waals surface area (Å²) in [7, 11) is 0. The molecule has 1 aromatic carbocycles. The number of ether oxygens (including phenoxy) is 2. The minimum Gasteiger partial charge on any atom is -0.483 e. The van der Waals surface area contributed by atoms with Gasteiger partial charge in [0.25, 0.3) is 5.91 Å². The maximum atomic E-state index is 13.1. The predicted octanol–water partition coefficient (Wildman–Crippen LogP) is 2.94. The fraction of sp³-hybridized carbons (Fsp3) is 0.458. The Morgan fingerprint density at radius 2 is 1.78 bits per heavy atom.